The summed E-state index contributed by atoms with van der Waals surface area (Å²) in [6.45, 7) is 3.97. The molecule has 1 aromatic rings. The van der Waals surface area contributed by atoms with E-state index < -0.39 is 0 Å². The van der Waals surface area contributed by atoms with E-state index in [9.17, 15) is 4.39 Å². The molecule has 158 valence electrons. The van der Waals surface area contributed by atoms with Crippen molar-refractivity contribution in [2.24, 2.45) is 4.99 Å². The van der Waals surface area contributed by atoms with Gasteiger partial charge in [0.25, 0.3) is 0 Å². The van der Waals surface area contributed by atoms with Gasteiger partial charge >= 0.3 is 0 Å². The van der Waals surface area contributed by atoms with E-state index in [0.29, 0.717) is 6.04 Å². The monoisotopic (exact) mass is 522 g/mol. The second kappa shape index (κ2) is 12.2. The maximum Gasteiger partial charge on any atom is 0.191 e. The van der Waals surface area contributed by atoms with E-state index in [4.69, 9.17) is 4.74 Å². The van der Waals surface area contributed by atoms with E-state index in [0.717, 1.165) is 49.6 Å². The van der Waals surface area contributed by atoms with Gasteiger partial charge < -0.3 is 15.4 Å². The second-order valence-electron chi connectivity index (χ2n) is 7.18. The fourth-order valence-electron chi connectivity index (χ4n) is 3.90. The first-order chi connectivity index (χ1) is 13.2. The van der Waals surface area contributed by atoms with Crippen LogP contribution in [-0.4, -0.2) is 68.3 Å². The summed E-state index contributed by atoms with van der Waals surface area (Å²) in [7, 11) is 1.82. The molecule has 1 aromatic carbocycles. The predicted octanol–water partition coefficient (Wildman–Crippen LogP) is 3.27. The van der Waals surface area contributed by atoms with Gasteiger partial charge in [-0.05, 0) is 43.2 Å². The first-order valence-electron chi connectivity index (χ1n) is 9.77. The predicted molar refractivity (Wildman–Crippen MR) is 126 cm³/mol. The Morgan fingerprint density at radius 3 is 2.61 bits per heavy atom. The van der Waals surface area contributed by atoms with Crippen LogP contribution in [0.25, 0.3) is 0 Å². The van der Waals surface area contributed by atoms with Crippen molar-refractivity contribution in [1.82, 2.24) is 15.5 Å². The van der Waals surface area contributed by atoms with Gasteiger partial charge in [0.1, 0.15) is 5.82 Å². The number of hydrogen-bond acceptors (Lipinski definition) is 4. The lowest BCUT2D eigenvalue weighted by atomic mass is 10.0. The number of nitrogens with one attached hydrogen (secondary N) is 2. The Kier molecular flexibility index (Phi) is 10.3. The summed E-state index contributed by atoms with van der Waals surface area (Å²) in [6.07, 6.45) is 5.83. The van der Waals surface area contributed by atoms with Gasteiger partial charge in [-0.2, -0.15) is 11.8 Å². The van der Waals surface area contributed by atoms with Gasteiger partial charge in [-0.1, -0.05) is 12.1 Å². The molecule has 0 spiro atoms. The third-order valence-electron chi connectivity index (χ3n) is 5.49. The van der Waals surface area contributed by atoms with Gasteiger partial charge in [0, 0.05) is 38.0 Å². The molecule has 0 bridgehead atoms. The zero-order valence-electron chi connectivity index (χ0n) is 16.7. The molecule has 0 radical (unpaired) electrons. The van der Waals surface area contributed by atoms with Crippen LogP contribution < -0.4 is 10.6 Å². The number of hydrogen-bond donors (Lipinski definition) is 2. The van der Waals surface area contributed by atoms with E-state index >= 15 is 0 Å². The zero-order valence-corrected chi connectivity index (χ0v) is 19.8. The molecule has 0 aromatic heterocycles. The molecule has 2 aliphatic rings. The number of aliphatic imine (C=N–C) groups is 1. The normalized spacial score (nSPS) is 24.5. The number of guanidine groups is 1. The number of rotatable bonds is 6. The number of nitrogens with zero attached hydrogens (tertiary/aromatic N) is 2. The van der Waals surface area contributed by atoms with E-state index in [-0.39, 0.29) is 35.8 Å². The molecular formula is C20H32FIN4OS. The van der Waals surface area contributed by atoms with E-state index in [1.165, 1.54) is 31.4 Å². The molecule has 2 N–H and O–H groups in total. The third kappa shape index (κ3) is 6.74. The maximum atomic E-state index is 13.4. The summed E-state index contributed by atoms with van der Waals surface area (Å²) in [6, 6.07) is 7.49. The molecule has 3 rings (SSSR count). The van der Waals surface area contributed by atoms with Gasteiger partial charge in [-0.25, -0.2) is 4.39 Å². The molecule has 2 fully saturated rings. The summed E-state index contributed by atoms with van der Waals surface area (Å²) in [5.74, 6) is 0.650. The van der Waals surface area contributed by atoms with Gasteiger partial charge in [-0.3, -0.25) is 9.89 Å². The average Bonchev–Trinajstić information content (AvgIpc) is 3.17. The number of halogens is 2. The fourth-order valence-corrected chi connectivity index (χ4v) is 4.70. The van der Waals surface area contributed by atoms with Crippen molar-refractivity contribution in [3.05, 3.63) is 35.6 Å². The molecule has 8 heteroatoms. The standard InChI is InChI=1S/C20H31FN4OS.HI/c1-22-20(24-17-7-8-18(13-17)27-2)23-14-19(25-9-11-26-12-10-25)15-3-5-16(21)6-4-15;/h3-6,17-19H,7-14H2,1-2H3,(H2,22,23,24);1H. The largest absolute Gasteiger partial charge is 0.379 e. The highest BCUT2D eigenvalue weighted by molar-refractivity contribution is 14.0. The molecule has 1 saturated heterocycles. The van der Waals surface area contributed by atoms with Crippen LogP contribution in [0.3, 0.4) is 0 Å². The van der Waals surface area contributed by atoms with Gasteiger partial charge in [0.2, 0.25) is 0 Å². The van der Waals surface area contributed by atoms with Crippen molar-refractivity contribution in [2.45, 2.75) is 36.6 Å². The Hall–Kier alpha value is -0.580. The lowest BCUT2D eigenvalue weighted by molar-refractivity contribution is 0.0170. The topological polar surface area (TPSA) is 48.9 Å². The van der Waals surface area contributed by atoms with Crippen molar-refractivity contribution in [1.29, 1.82) is 0 Å². The van der Waals surface area contributed by atoms with E-state index in [1.807, 2.05) is 30.9 Å². The Morgan fingerprint density at radius 1 is 1.29 bits per heavy atom. The molecule has 1 saturated carbocycles. The Labute approximate surface area is 189 Å². The van der Waals surface area contributed by atoms with Crippen LogP contribution in [0.2, 0.25) is 0 Å². The highest BCUT2D eigenvalue weighted by Gasteiger charge is 2.26. The zero-order chi connectivity index (χ0) is 19.1. The Morgan fingerprint density at radius 2 is 2.00 bits per heavy atom. The Balaban J connectivity index is 0.00000280. The van der Waals surface area contributed by atoms with Crippen LogP contribution in [0.5, 0.6) is 0 Å². The highest BCUT2D eigenvalue weighted by atomic mass is 127. The number of benzene rings is 1. The third-order valence-corrected chi connectivity index (χ3v) is 6.58. The molecule has 1 heterocycles. The smallest absolute Gasteiger partial charge is 0.191 e. The molecule has 1 aliphatic carbocycles. The number of morpholine rings is 1. The molecule has 0 amide bonds. The van der Waals surface area contributed by atoms with Crippen LogP contribution in [0.15, 0.2) is 29.3 Å². The van der Waals surface area contributed by atoms with Crippen LogP contribution in [0.4, 0.5) is 4.39 Å². The van der Waals surface area contributed by atoms with Crippen molar-refractivity contribution >= 4 is 41.7 Å². The summed E-state index contributed by atoms with van der Waals surface area (Å²) < 4.78 is 18.9. The van der Waals surface area contributed by atoms with Crippen LogP contribution in [-0.2, 0) is 4.74 Å². The SMILES string of the molecule is CN=C(NCC(c1ccc(F)cc1)N1CCOCC1)NC1CCC(SC)C1.I. The van der Waals surface area contributed by atoms with E-state index in [2.05, 4.69) is 26.8 Å². The summed E-state index contributed by atoms with van der Waals surface area (Å²) >= 11 is 1.96. The maximum absolute atomic E-state index is 13.4. The molecule has 28 heavy (non-hydrogen) atoms. The van der Waals surface area contributed by atoms with Crippen molar-refractivity contribution in [3.63, 3.8) is 0 Å². The first-order valence-corrected chi connectivity index (χ1v) is 11.1. The van der Waals surface area contributed by atoms with Gasteiger partial charge in [0.05, 0.1) is 19.3 Å². The van der Waals surface area contributed by atoms with Gasteiger partial charge in [0.15, 0.2) is 5.96 Å². The number of thioether (sulfide) groups is 1. The van der Waals surface area contributed by atoms with Crippen molar-refractivity contribution in [3.8, 4) is 0 Å². The molecule has 3 unspecified atom stereocenters. The summed E-state index contributed by atoms with van der Waals surface area (Å²) in [4.78, 5) is 6.81. The minimum absolute atomic E-state index is 0. The lowest BCUT2D eigenvalue weighted by Gasteiger charge is -2.35. The van der Waals surface area contributed by atoms with Crippen molar-refractivity contribution < 1.29 is 9.13 Å². The van der Waals surface area contributed by atoms with Crippen LogP contribution in [0, 0.1) is 5.82 Å². The molecule has 1 aliphatic heterocycles. The van der Waals surface area contributed by atoms with Crippen LogP contribution >= 0.6 is 35.7 Å². The quantitative estimate of drug-likeness (QED) is 0.342. The average molecular weight is 522 g/mol. The fraction of sp³-hybridized carbons (Fsp3) is 0.650. The summed E-state index contributed by atoms with van der Waals surface area (Å²) in [5, 5.41) is 7.82. The molecular weight excluding hydrogens is 490 g/mol. The van der Waals surface area contributed by atoms with E-state index in [1.54, 1.807) is 0 Å². The number of ether oxygens (including phenoxy) is 1. The van der Waals surface area contributed by atoms with Crippen molar-refractivity contribution in [2.75, 3.05) is 46.2 Å². The minimum atomic E-state index is -0.200. The minimum Gasteiger partial charge on any atom is -0.379 e. The first kappa shape index (κ1) is 23.7. The van der Waals surface area contributed by atoms with Crippen LogP contribution in [0.1, 0.15) is 30.9 Å². The molecule has 3 atom stereocenters. The second-order valence-corrected chi connectivity index (χ2v) is 8.32. The highest BCUT2D eigenvalue weighted by Crippen LogP contribution is 2.28. The van der Waals surface area contributed by atoms with Gasteiger partial charge in [-0.15, -0.1) is 24.0 Å². The molecule has 5 nitrogen and oxygen atoms in total. The lowest BCUT2D eigenvalue weighted by Crippen LogP contribution is -2.48. The summed E-state index contributed by atoms with van der Waals surface area (Å²) in [5.41, 5.74) is 1.12. The Bertz CT molecular complexity index is 613.